The van der Waals surface area contributed by atoms with Crippen LogP contribution in [0.1, 0.15) is 46.5 Å². The molecule has 0 unspecified atom stereocenters. The molecule has 2 aliphatic rings. The number of likely N-dealkylation sites (tertiary alicyclic amines) is 1. The third-order valence-corrected chi connectivity index (χ3v) is 7.83. The second-order valence-electron chi connectivity index (χ2n) is 10.8. The zero-order chi connectivity index (χ0) is 26.4. The highest BCUT2D eigenvalue weighted by atomic mass is 32.1. The number of hydrogen-bond donors (Lipinski definition) is 0. The Labute approximate surface area is 217 Å². The maximum atomic E-state index is 12.7. The van der Waals surface area contributed by atoms with Crippen molar-refractivity contribution in [2.75, 3.05) is 31.1 Å². The first kappa shape index (κ1) is 25.6. The molecule has 5 rings (SSSR count). The molecule has 200 valence electrons. The molecule has 37 heavy (non-hydrogen) atoms. The van der Waals surface area contributed by atoms with Crippen molar-refractivity contribution in [1.29, 1.82) is 0 Å². The molecular formula is C25H30F3N5O3S. The number of nitrogens with zero attached hydrogens (tertiary/aromatic N) is 5. The summed E-state index contributed by atoms with van der Waals surface area (Å²) in [5, 5.41) is 5.62. The number of halogens is 3. The van der Waals surface area contributed by atoms with Gasteiger partial charge in [-0.05, 0) is 64.0 Å². The van der Waals surface area contributed by atoms with Crippen LogP contribution in [0.5, 0.6) is 5.75 Å². The third-order valence-electron chi connectivity index (χ3n) is 6.85. The van der Waals surface area contributed by atoms with Gasteiger partial charge < -0.3 is 19.3 Å². The van der Waals surface area contributed by atoms with Gasteiger partial charge in [-0.15, -0.1) is 18.3 Å². The molecule has 1 amide bonds. The molecule has 0 radical (unpaired) electrons. The van der Waals surface area contributed by atoms with Gasteiger partial charge in [0.25, 0.3) is 0 Å². The van der Waals surface area contributed by atoms with E-state index in [1.807, 2.05) is 20.8 Å². The molecular weight excluding hydrogens is 507 g/mol. The van der Waals surface area contributed by atoms with Crippen molar-refractivity contribution in [3.8, 4) is 17.0 Å². The summed E-state index contributed by atoms with van der Waals surface area (Å²) >= 11 is 1.46. The first-order valence-electron chi connectivity index (χ1n) is 12.3. The number of piperidine rings is 2. The minimum absolute atomic E-state index is 0.108. The molecule has 0 N–H and O–H groups in total. The van der Waals surface area contributed by atoms with Crippen LogP contribution >= 0.6 is 11.3 Å². The molecule has 0 saturated carbocycles. The number of carbonyl (C=O) groups excluding carboxylic acids is 1. The molecule has 2 aliphatic heterocycles. The molecule has 0 aliphatic carbocycles. The summed E-state index contributed by atoms with van der Waals surface area (Å²) in [6.07, 6.45) is 0.536. The number of amides is 1. The van der Waals surface area contributed by atoms with E-state index in [-0.39, 0.29) is 17.3 Å². The van der Waals surface area contributed by atoms with Crippen LogP contribution in [0.25, 0.3) is 16.2 Å². The number of fused-ring (bicyclic) bond motifs is 1. The molecule has 1 spiro atoms. The smallest absolute Gasteiger partial charge is 0.444 e. The van der Waals surface area contributed by atoms with Crippen molar-refractivity contribution in [3.05, 3.63) is 30.5 Å². The van der Waals surface area contributed by atoms with Crippen molar-refractivity contribution < 1.29 is 27.4 Å². The van der Waals surface area contributed by atoms with Gasteiger partial charge in [0.15, 0.2) is 0 Å². The number of ether oxygens (including phenoxy) is 2. The number of aromatic nitrogens is 3. The maximum Gasteiger partial charge on any atom is 0.573 e. The van der Waals surface area contributed by atoms with E-state index in [1.54, 1.807) is 21.7 Å². The van der Waals surface area contributed by atoms with Gasteiger partial charge in [0.05, 0.1) is 11.9 Å². The Kier molecular flexibility index (Phi) is 6.49. The average molecular weight is 538 g/mol. The van der Waals surface area contributed by atoms with Crippen LogP contribution in [-0.2, 0) is 4.74 Å². The Morgan fingerprint density at radius 2 is 1.86 bits per heavy atom. The molecule has 0 bridgehead atoms. The minimum Gasteiger partial charge on any atom is -0.444 e. The van der Waals surface area contributed by atoms with Gasteiger partial charge in [0.1, 0.15) is 11.4 Å². The van der Waals surface area contributed by atoms with Crippen LogP contribution in [0.4, 0.5) is 23.1 Å². The average Bonchev–Trinajstić information content (AvgIpc) is 3.39. The third kappa shape index (κ3) is 5.78. The highest BCUT2D eigenvalue weighted by Gasteiger charge is 2.41. The topological polar surface area (TPSA) is 72.2 Å². The molecule has 12 heteroatoms. The van der Waals surface area contributed by atoms with Crippen molar-refractivity contribution in [3.63, 3.8) is 0 Å². The Balaban J connectivity index is 1.30. The van der Waals surface area contributed by atoms with E-state index >= 15 is 0 Å². The molecule has 1 aromatic carbocycles. The summed E-state index contributed by atoms with van der Waals surface area (Å²) < 4.78 is 49.3. The second-order valence-corrected chi connectivity index (χ2v) is 11.7. The first-order valence-corrected chi connectivity index (χ1v) is 13.2. The fourth-order valence-electron chi connectivity index (χ4n) is 5.13. The van der Waals surface area contributed by atoms with E-state index in [2.05, 4.69) is 14.6 Å². The van der Waals surface area contributed by atoms with Crippen LogP contribution in [-0.4, -0.2) is 63.7 Å². The largest absolute Gasteiger partial charge is 0.573 e. The lowest BCUT2D eigenvalue weighted by molar-refractivity contribution is -0.274. The SMILES string of the molecule is CC(C)(C)OC(=O)N1CCC2(CCCN(c3nn4c(-c5cccc(OC(F)(F)F)c5)cnc4s3)C2)CC1. The van der Waals surface area contributed by atoms with E-state index in [9.17, 15) is 18.0 Å². The van der Waals surface area contributed by atoms with Gasteiger partial charge >= 0.3 is 12.5 Å². The van der Waals surface area contributed by atoms with E-state index in [0.29, 0.717) is 29.3 Å². The van der Waals surface area contributed by atoms with Crippen molar-refractivity contribution in [1.82, 2.24) is 19.5 Å². The van der Waals surface area contributed by atoms with Gasteiger partial charge in [-0.25, -0.2) is 14.3 Å². The molecule has 0 atom stereocenters. The molecule has 2 aromatic heterocycles. The highest BCUT2D eigenvalue weighted by Crippen LogP contribution is 2.42. The highest BCUT2D eigenvalue weighted by molar-refractivity contribution is 7.20. The van der Waals surface area contributed by atoms with Crippen LogP contribution in [0, 0.1) is 5.41 Å². The summed E-state index contributed by atoms with van der Waals surface area (Å²) in [7, 11) is 0. The quantitative estimate of drug-likeness (QED) is 0.410. The van der Waals surface area contributed by atoms with Crippen LogP contribution in [0.15, 0.2) is 30.5 Å². The number of imidazole rings is 1. The number of benzene rings is 1. The molecule has 3 aromatic rings. The predicted octanol–water partition coefficient (Wildman–Crippen LogP) is 5.97. The Bertz CT molecular complexity index is 1270. The van der Waals surface area contributed by atoms with Crippen LogP contribution in [0.2, 0.25) is 0 Å². The minimum atomic E-state index is -4.76. The number of alkyl halides is 3. The van der Waals surface area contributed by atoms with Gasteiger partial charge in [-0.3, -0.25) is 0 Å². The van der Waals surface area contributed by atoms with Gasteiger partial charge in [0, 0.05) is 31.7 Å². The zero-order valence-electron chi connectivity index (χ0n) is 21.0. The van der Waals surface area contributed by atoms with Crippen LogP contribution in [0.3, 0.4) is 0 Å². The fraction of sp³-hybridized carbons (Fsp3) is 0.560. The molecule has 8 nitrogen and oxygen atoms in total. The van der Waals surface area contributed by atoms with E-state index in [4.69, 9.17) is 9.84 Å². The fourth-order valence-corrected chi connectivity index (χ4v) is 6.03. The zero-order valence-corrected chi connectivity index (χ0v) is 21.9. The molecule has 2 saturated heterocycles. The normalized spacial score (nSPS) is 18.4. The summed E-state index contributed by atoms with van der Waals surface area (Å²) in [5.41, 5.74) is 0.733. The first-order chi connectivity index (χ1) is 17.4. The van der Waals surface area contributed by atoms with Crippen molar-refractivity contribution in [2.45, 2.75) is 58.4 Å². The molecule has 4 heterocycles. The Hall–Kier alpha value is -3.02. The Morgan fingerprint density at radius 1 is 1.11 bits per heavy atom. The Morgan fingerprint density at radius 3 is 2.57 bits per heavy atom. The van der Waals surface area contributed by atoms with E-state index in [0.717, 1.165) is 43.9 Å². The van der Waals surface area contributed by atoms with Gasteiger partial charge in [-0.1, -0.05) is 23.5 Å². The number of hydrogen-bond acceptors (Lipinski definition) is 7. The second kappa shape index (κ2) is 9.38. The standard InChI is InChI=1S/C25H30F3N5O3S/c1-23(2,3)36-22(34)31-12-9-24(10-13-31)8-5-11-32(16-24)21-30-33-19(15-29-20(33)37-21)17-6-4-7-18(14-17)35-25(26,27)28/h4,6-7,14-15H,5,8-13,16H2,1-3H3. The summed E-state index contributed by atoms with van der Waals surface area (Å²) in [6.45, 7) is 8.68. The van der Waals surface area contributed by atoms with Gasteiger partial charge in [-0.2, -0.15) is 0 Å². The lowest BCUT2D eigenvalue weighted by atomic mass is 9.72. The lowest BCUT2D eigenvalue weighted by Crippen LogP contribution is -2.51. The van der Waals surface area contributed by atoms with Gasteiger partial charge in [0.2, 0.25) is 10.1 Å². The summed E-state index contributed by atoms with van der Waals surface area (Å²) in [6, 6.07) is 5.83. The maximum absolute atomic E-state index is 12.7. The van der Waals surface area contributed by atoms with Crippen molar-refractivity contribution in [2.24, 2.45) is 5.41 Å². The summed E-state index contributed by atoms with van der Waals surface area (Å²) in [5.74, 6) is -0.286. The van der Waals surface area contributed by atoms with E-state index in [1.165, 1.54) is 29.5 Å². The van der Waals surface area contributed by atoms with Crippen LogP contribution < -0.4 is 9.64 Å². The monoisotopic (exact) mass is 537 g/mol. The summed E-state index contributed by atoms with van der Waals surface area (Å²) in [4.78, 5) is 21.7. The van der Waals surface area contributed by atoms with Crippen molar-refractivity contribution >= 4 is 27.5 Å². The predicted molar refractivity (Wildman–Crippen MR) is 134 cm³/mol. The lowest BCUT2D eigenvalue weighted by Gasteiger charge is -2.47. The van der Waals surface area contributed by atoms with E-state index < -0.39 is 12.0 Å². The number of carbonyl (C=O) groups is 1. The number of anilines is 1. The molecule has 2 fully saturated rings. The number of rotatable bonds is 3.